The van der Waals surface area contributed by atoms with Crippen molar-refractivity contribution in [2.75, 3.05) is 7.11 Å². The summed E-state index contributed by atoms with van der Waals surface area (Å²) >= 11 is 0. The van der Waals surface area contributed by atoms with Gasteiger partial charge in [-0.3, -0.25) is 14.9 Å². The average molecular weight is 334 g/mol. The Morgan fingerprint density at radius 1 is 1.29 bits per heavy atom. The third-order valence-corrected chi connectivity index (χ3v) is 3.29. The van der Waals surface area contributed by atoms with E-state index in [1.54, 1.807) is 0 Å². The van der Waals surface area contributed by atoms with Crippen LogP contribution in [-0.2, 0) is 9.53 Å². The molecule has 0 atom stereocenters. The highest BCUT2D eigenvalue weighted by Crippen LogP contribution is 2.20. The van der Waals surface area contributed by atoms with Gasteiger partial charge in [-0.2, -0.15) is 0 Å². The number of esters is 1. The van der Waals surface area contributed by atoms with Crippen LogP contribution in [0.1, 0.15) is 24.2 Å². The molecule has 1 N–H and O–H groups in total. The van der Waals surface area contributed by atoms with Crippen LogP contribution in [0.15, 0.2) is 33.5 Å². The number of nitro groups is 1. The van der Waals surface area contributed by atoms with Crippen LogP contribution in [0.5, 0.6) is 0 Å². The van der Waals surface area contributed by atoms with Gasteiger partial charge >= 0.3 is 11.6 Å². The zero-order valence-electron chi connectivity index (χ0n) is 13.1. The first-order valence-electron chi connectivity index (χ1n) is 6.79. The number of rotatable bonds is 4. The summed E-state index contributed by atoms with van der Waals surface area (Å²) in [5, 5.41) is 13.4. The van der Waals surface area contributed by atoms with Crippen molar-refractivity contribution in [1.82, 2.24) is 5.32 Å². The van der Waals surface area contributed by atoms with Gasteiger partial charge in [-0.1, -0.05) is 0 Å². The van der Waals surface area contributed by atoms with Crippen molar-refractivity contribution in [3.05, 3.63) is 50.4 Å². The minimum atomic E-state index is -1.37. The zero-order valence-corrected chi connectivity index (χ0v) is 13.1. The molecule has 0 fully saturated rings. The standard InChI is InChI=1S/C15H14N2O7/c1-15(2,14(20)23-3)16-12(18)10-7-8-6-9(17(21)22)4-5-11(8)24-13(10)19/h4-7H,1-3H3,(H,16,18). The number of methoxy groups -OCH3 is 1. The van der Waals surface area contributed by atoms with E-state index in [9.17, 15) is 24.5 Å². The molecular formula is C15H14N2O7. The zero-order chi connectivity index (χ0) is 18.1. The van der Waals surface area contributed by atoms with Gasteiger partial charge in [0.25, 0.3) is 11.6 Å². The Bertz CT molecular complexity index is 898. The van der Waals surface area contributed by atoms with Crippen molar-refractivity contribution >= 4 is 28.5 Å². The second kappa shape index (κ2) is 6.11. The summed E-state index contributed by atoms with van der Waals surface area (Å²) in [5.74, 6) is -1.55. The van der Waals surface area contributed by atoms with E-state index in [2.05, 4.69) is 10.1 Å². The van der Waals surface area contributed by atoms with Crippen molar-refractivity contribution in [1.29, 1.82) is 0 Å². The van der Waals surface area contributed by atoms with Gasteiger partial charge < -0.3 is 14.5 Å². The summed E-state index contributed by atoms with van der Waals surface area (Å²) in [4.78, 5) is 46.0. The number of nitro benzene ring substituents is 1. The highest BCUT2D eigenvalue weighted by Gasteiger charge is 2.31. The monoisotopic (exact) mass is 334 g/mol. The van der Waals surface area contributed by atoms with Crippen LogP contribution in [-0.4, -0.2) is 29.4 Å². The summed E-state index contributed by atoms with van der Waals surface area (Å²) < 4.78 is 9.56. The van der Waals surface area contributed by atoms with E-state index in [-0.39, 0.29) is 22.2 Å². The van der Waals surface area contributed by atoms with Gasteiger partial charge in [-0.15, -0.1) is 0 Å². The fourth-order valence-electron chi connectivity index (χ4n) is 2.04. The molecular weight excluding hydrogens is 320 g/mol. The number of benzene rings is 1. The quantitative estimate of drug-likeness (QED) is 0.387. The molecule has 0 saturated carbocycles. The fourth-order valence-corrected chi connectivity index (χ4v) is 2.04. The number of carbonyl (C=O) groups excluding carboxylic acids is 2. The Hall–Kier alpha value is -3.23. The number of hydrogen-bond donors (Lipinski definition) is 1. The van der Waals surface area contributed by atoms with Crippen LogP contribution >= 0.6 is 0 Å². The molecule has 0 saturated heterocycles. The maximum Gasteiger partial charge on any atom is 0.349 e. The summed E-state index contributed by atoms with van der Waals surface area (Å²) in [5.41, 5.74) is -2.77. The smallest absolute Gasteiger partial charge is 0.349 e. The maximum atomic E-state index is 12.3. The highest BCUT2D eigenvalue weighted by molar-refractivity contribution is 5.99. The minimum absolute atomic E-state index is 0.106. The molecule has 0 bridgehead atoms. The lowest BCUT2D eigenvalue weighted by molar-refractivity contribution is -0.384. The lowest BCUT2D eigenvalue weighted by Crippen LogP contribution is -2.51. The summed E-state index contributed by atoms with van der Waals surface area (Å²) in [6, 6.07) is 4.82. The number of nitrogens with one attached hydrogen (secondary N) is 1. The molecule has 0 unspecified atom stereocenters. The number of amides is 1. The van der Waals surface area contributed by atoms with E-state index in [1.165, 1.54) is 45.2 Å². The number of nitrogens with zero attached hydrogens (tertiary/aromatic N) is 1. The third kappa shape index (κ3) is 3.24. The molecule has 9 heteroatoms. The summed E-state index contributed by atoms with van der Waals surface area (Å²) in [6.07, 6.45) is 0. The Morgan fingerprint density at radius 2 is 1.96 bits per heavy atom. The Labute approximate surface area is 135 Å². The van der Waals surface area contributed by atoms with Gasteiger partial charge in [0.1, 0.15) is 16.7 Å². The molecule has 1 heterocycles. The molecule has 24 heavy (non-hydrogen) atoms. The first kappa shape index (κ1) is 17.1. The van der Waals surface area contributed by atoms with Gasteiger partial charge in [0.2, 0.25) is 0 Å². The van der Waals surface area contributed by atoms with Crippen molar-refractivity contribution in [2.24, 2.45) is 0 Å². The second-order valence-corrected chi connectivity index (χ2v) is 5.50. The van der Waals surface area contributed by atoms with E-state index in [0.717, 1.165) is 0 Å². The number of hydrogen-bond acceptors (Lipinski definition) is 7. The molecule has 2 aromatic rings. The number of carbonyl (C=O) groups is 2. The molecule has 1 amide bonds. The molecule has 0 aliphatic heterocycles. The fraction of sp³-hybridized carbons (Fsp3) is 0.267. The average Bonchev–Trinajstić information content (AvgIpc) is 2.52. The first-order valence-corrected chi connectivity index (χ1v) is 6.79. The van der Waals surface area contributed by atoms with Gasteiger partial charge in [-0.05, 0) is 26.0 Å². The molecule has 0 aliphatic carbocycles. The van der Waals surface area contributed by atoms with Crippen LogP contribution in [0.3, 0.4) is 0 Å². The number of non-ortho nitro benzene ring substituents is 1. The van der Waals surface area contributed by atoms with Gasteiger partial charge in [-0.25, -0.2) is 9.59 Å². The van der Waals surface area contributed by atoms with E-state index in [4.69, 9.17) is 4.42 Å². The van der Waals surface area contributed by atoms with Gasteiger partial charge in [0.15, 0.2) is 0 Å². The Morgan fingerprint density at radius 3 is 2.54 bits per heavy atom. The molecule has 1 aromatic heterocycles. The minimum Gasteiger partial charge on any atom is -0.467 e. The lowest BCUT2D eigenvalue weighted by Gasteiger charge is -2.22. The van der Waals surface area contributed by atoms with Crippen LogP contribution < -0.4 is 10.9 Å². The largest absolute Gasteiger partial charge is 0.467 e. The van der Waals surface area contributed by atoms with Crippen molar-refractivity contribution in [2.45, 2.75) is 19.4 Å². The first-order chi connectivity index (χ1) is 11.2. The topological polar surface area (TPSA) is 129 Å². The van der Waals surface area contributed by atoms with Gasteiger partial charge in [0, 0.05) is 17.5 Å². The second-order valence-electron chi connectivity index (χ2n) is 5.50. The number of fused-ring (bicyclic) bond motifs is 1. The maximum absolute atomic E-state index is 12.3. The predicted molar refractivity (Wildman–Crippen MR) is 82.7 cm³/mol. The van der Waals surface area contributed by atoms with Crippen LogP contribution in [0, 0.1) is 10.1 Å². The van der Waals surface area contributed by atoms with E-state index >= 15 is 0 Å². The SMILES string of the molecule is COC(=O)C(C)(C)NC(=O)c1cc2cc([N+](=O)[O-])ccc2oc1=O. The Balaban J connectivity index is 2.46. The van der Waals surface area contributed by atoms with Crippen LogP contribution in [0.2, 0.25) is 0 Å². The molecule has 126 valence electrons. The van der Waals surface area contributed by atoms with Gasteiger partial charge in [0.05, 0.1) is 12.0 Å². The molecule has 9 nitrogen and oxygen atoms in total. The van der Waals surface area contributed by atoms with E-state index < -0.39 is 28.0 Å². The highest BCUT2D eigenvalue weighted by atomic mass is 16.6. The predicted octanol–water partition coefficient (Wildman–Crippen LogP) is 1.38. The lowest BCUT2D eigenvalue weighted by atomic mass is 10.1. The van der Waals surface area contributed by atoms with Crippen molar-refractivity contribution < 1.29 is 23.7 Å². The molecule has 2 rings (SSSR count). The number of ether oxygens (including phenoxy) is 1. The molecule has 1 aromatic carbocycles. The molecule has 0 spiro atoms. The van der Waals surface area contributed by atoms with E-state index in [1.807, 2.05) is 0 Å². The van der Waals surface area contributed by atoms with Crippen LogP contribution in [0.25, 0.3) is 11.0 Å². The Kier molecular flexibility index (Phi) is 4.36. The molecule has 0 radical (unpaired) electrons. The molecule has 0 aliphatic rings. The third-order valence-electron chi connectivity index (χ3n) is 3.29. The summed E-state index contributed by atoms with van der Waals surface area (Å²) in [7, 11) is 1.17. The van der Waals surface area contributed by atoms with Crippen molar-refractivity contribution in [3.63, 3.8) is 0 Å². The normalized spacial score (nSPS) is 11.1. The van der Waals surface area contributed by atoms with Crippen LogP contribution in [0.4, 0.5) is 5.69 Å². The summed E-state index contributed by atoms with van der Waals surface area (Å²) in [6.45, 7) is 2.81. The van der Waals surface area contributed by atoms with Crippen molar-refractivity contribution in [3.8, 4) is 0 Å². The van der Waals surface area contributed by atoms with E-state index in [0.29, 0.717) is 0 Å².